The van der Waals surface area contributed by atoms with Gasteiger partial charge in [-0.2, -0.15) is 0 Å². The summed E-state index contributed by atoms with van der Waals surface area (Å²) < 4.78 is 0. The third-order valence-electron chi connectivity index (χ3n) is 3.33. The van der Waals surface area contributed by atoms with Crippen LogP contribution in [0.15, 0.2) is 36.4 Å². The molecule has 20 heavy (non-hydrogen) atoms. The minimum absolute atomic E-state index is 0.143. The lowest BCUT2D eigenvalue weighted by Gasteiger charge is -2.18. The van der Waals surface area contributed by atoms with Crippen molar-refractivity contribution in [2.75, 3.05) is 7.05 Å². The first kappa shape index (κ1) is 15.7. The van der Waals surface area contributed by atoms with Crippen LogP contribution in [0.3, 0.4) is 0 Å². The molecule has 1 unspecified atom stereocenters. The van der Waals surface area contributed by atoms with Crippen LogP contribution in [0.1, 0.15) is 22.7 Å². The summed E-state index contributed by atoms with van der Waals surface area (Å²) in [5.41, 5.74) is 3.37. The van der Waals surface area contributed by atoms with E-state index in [1.807, 2.05) is 38.2 Å². The molecule has 106 valence electrons. The smallest absolute Gasteiger partial charge is 0.0595 e. The van der Waals surface area contributed by atoms with Crippen LogP contribution >= 0.6 is 34.8 Å². The van der Waals surface area contributed by atoms with Crippen molar-refractivity contribution in [3.8, 4) is 0 Å². The molecule has 0 heterocycles. The highest BCUT2D eigenvalue weighted by Gasteiger charge is 2.13. The molecule has 2 aromatic rings. The second-order valence-electron chi connectivity index (χ2n) is 4.81. The van der Waals surface area contributed by atoms with Crippen molar-refractivity contribution >= 4 is 34.8 Å². The predicted octanol–water partition coefficient (Wildman–Crippen LogP) is 5.46. The summed E-state index contributed by atoms with van der Waals surface area (Å²) in [6.07, 6.45) is 0.799. The summed E-state index contributed by atoms with van der Waals surface area (Å²) in [6, 6.07) is 12.0. The number of halogens is 3. The fourth-order valence-electron chi connectivity index (χ4n) is 2.15. The Morgan fingerprint density at radius 2 is 1.70 bits per heavy atom. The van der Waals surface area contributed by atoms with Gasteiger partial charge in [0, 0.05) is 11.1 Å². The van der Waals surface area contributed by atoms with Gasteiger partial charge in [0.1, 0.15) is 0 Å². The Morgan fingerprint density at radius 1 is 0.950 bits per heavy atom. The van der Waals surface area contributed by atoms with E-state index in [0.717, 1.165) is 28.1 Å². The SMILES string of the molecule is CNC(Cc1ccc(C)cc1Cl)c1ccc(Cl)c(Cl)c1. The number of benzene rings is 2. The van der Waals surface area contributed by atoms with E-state index in [4.69, 9.17) is 34.8 Å². The van der Waals surface area contributed by atoms with E-state index in [1.54, 1.807) is 0 Å². The van der Waals surface area contributed by atoms with Crippen molar-refractivity contribution in [2.45, 2.75) is 19.4 Å². The summed E-state index contributed by atoms with van der Waals surface area (Å²) in [5.74, 6) is 0. The van der Waals surface area contributed by atoms with Crippen molar-refractivity contribution in [1.82, 2.24) is 5.32 Å². The first-order valence-corrected chi connectivity index (χ1v) is 7.52. The van der Waals surface area contributed by atoms with E-state index in [-0.39, 0.29) is 6.04 Å². The number of likely N-dealkylation sites (N-methyl/N-ethyl adjacent to an activating group) is 1. The Labute approximate surface area is 134 Å². The zero-order valence-electron chi connectivity index (χ0n) is 11.4. The predicted molar refractivity (Wildman–Crippen MR) is 88.2 cm³/mol. The molecule has 0 radical (unpaired) electrons. The standard InChI is InChI=1S/C16H16Cl3N/c1-10-3-4-11(14(18)7-10)9-16(20-2)12-5-6-13(17)15(19)8-12/h3-8,16,20H,9H2,1-2H3. The number of hydrogen-bond donors (Lipinski definition) is 1. The van der Waals surface area contributed by atoms with Gasteiger partial charge in [0.25, 0.3) is 0 Å². The van der Waals surface area contributed by atoms with Crippen LogP contribution in [-0.4, -0.2) is 7.05 Å². The molecule has 0 aromatic heterocycles. The highest BCUT2D eigenvalue weighted by molar-refractivity contribution is 6.42. The Hall–Kier alpha value is -0.730. The number of hydrogen-bond acceptors (Lipinski definition) is 1. The van der Waals surface area contributed by atoms with E-state index in [1.165, 1.54) is 0 Å². The summed E-state index contributed by atoms with van der Waals surface area (Å²) in [6.45, 7) is 2.03. The lowest BCUT2D eigenvalue weighted by Crippen LogP contribution is -2.19. The molecule has 0 bridgehead atoms. The Morgan fingerprint density at radius 3 is 2.30 bits per heavy atom. The van der Waals surface area contributed by atoms with Crippen LogP contribution < -0.4 is 5.32 Å². The fourth-order valence-corrected chi connectivity index (χ4v) is 2.77. The second-order valence-corrected chi connectivity index (χ2v) is 6.04. The van der Waals surface area contributed by atoms with Gasteiger partial charge >= 0.3 is 0 Å². The van der Waals surface area contributed by atoms with Crippen molar-refractivity contribution in [1.29, 1.82) is 0 Å². The maximum absolute atomic E-state index is 6.30. The Balaban J connectivity index is 2.26. The third kappa shape index (κ3) is 3.67. The number of rotatable bonds is 4. The molecule has 0 saturated carbocycles. The quantitative estimate of drug-likeness (QED) is 0.786. The normalized spacial score (nSPS) is 12.4. The molecule has 1 atom stereocenters. The van der Waals surface area contributed by atoms with Crippen molar-refractivity contribution in [3.63, 3.8) is 0 Å². The van der Waals surface area contributed by atoms with Crippen LogP contribution in [0.2, 0.25) is 15.1 Å². The van der Waals surface area contributed by atoms with Crippen LogP contribution in [0.25, 0.3) is 0 Å². The maximum atomic E-state index is 6.30. The zero-order valence-corrected chi connectivity index (χ0v) is 13.7. The van der Waals surface area contributed by atoms with E-state index in [2.05, 4.69) is 17.4 Å². The maximum Gasteiger partial charge on any atom is 0.0595 e. The van der Waals surface area contributed by atoms with Gasteiger partial charge in [-0.25, -0.2) is 0 Å². The molecule has 1 N–H and O–H groups in total. The topological polar surface area (TPSA) is 12.0 Å². The molecule has 0 fully saturated rings. The lowest BCUT2D eigenvalue weighted by atomic mass is 9.98. The summed E-state index contributed by atoms with van der Waals surface area (Å²) in [7, 11) is 1.93. The second kappa shape index (κ2) is 6.82. The summed E-state index contributed by atoms with van der Waals surface area (Å²) >= 11 is 18.3. The van der Waals surface area contributed by atoms with Gasteiger partial charge in [-0.05, 0) is 55.3 Å². The van der Waals surface area contributed by atoms with Crippen LogP contribution in [-0.2, 0) is 6.42 Å². The molecular weight excluding hydrogens is 313 g/mol. The number of nitrogens with one attached hydrogen (secondary N) is 1. The first-order valence-electron chi connectivity index (χ1n) is 6.38. The molecule has 0 aliphatic heterocycles. The van der Waals surface area contributed by atoms with Crippen LogP contribution in [0.5, 0.6) is 0 Å². The van der Waals surface area contributed by atoms with Crippen LogP contribution in [0, 0.1) is 6.92 Å². The third-order valence-corrected chi connectivity index (χ3v) is 4.42. The van der Waals surface area contributed by atoms with Gasteiger partial charge in [-0.3, -0.25) is 0 Å². The monoisotopic (exact) mass is 327 g/mol. The van der Waals surface area contributed by atoms with Crippen molar-refractivity contribution < 1.29 is 0 Å². The molecule has 0 aliphatic rings. The highest BCUT2D eigenvalue weighted by atomic mass is 35.5. The van der Waals surface area contributed by atoms with Gasteiger partial charge in [-0.1, -0.05) is 53.0 Å². The molecule has 0 spiro atoms. The molecular formula is C16H16Cl3N. The van der Waals surface area contributed by atoms with Crippen molar-refractivity contribution in [2.24, 2.45) is 0 Å². The summed E-state index contributed by atoms with van der Waals surface area (Å²) in [5, 5.41) is 5.23. The first-order chi connectivity index (χ1) is 9.51. The average molecular weight is 329 g/mol. The van der Waals surface area contributed by atoms with Gasteiger partial charge in [0.2, 0.25) is 0 Å². The van der Waals surface area contributed by atoms with E-state index >= 15 is 0 Å². The van der Waals surface area contributed by atoms with Gasteiger partial charge in [0.05, 0.1) is 10.0 Å². The Bertz CT molecular complexity index is 611. The molecule has 0 amide bonds. The van der Waals surface area contributed by atoms with E-state index in [9.17, 15) is 0 Å². The van der Waals surface area contributed by atoms with E-state index in [0.29, 0.717) is 10.0 Å². The fraction of sp³-hybridized carbons (Fsp3) is 0.250. The molecule has 0 aliphatic carbocycles. The number of aryl methyl sites for hydroxylation is 1. The van der Waals surface area contributed by atoms with Crippen molar-refractivity contribution in [3.05, 3.63) is 68.2 Å². The van der Waals surface area contributed by atoms with Gasteiger partial charge < -0.3 is 5.32 Å². The van der Waals surface area contributed by atoms with E-state index < -0.39 is 0 Å². The summed E-state index contributed by atoms with van der Waals surface area (Å²) in [4.78, 5) is 0. The average Bonchev–Trinajstić information content (AvgIpc) is 2.41. The molecule has 2 aromatic carbocycles. The minimum atomic E-state index is 0.143. The zero-order chi connectivity index (χ0) is 14.7. The van der Waals surface area contributed by atoms with Crippen LogP contribution in [0.4, 0.5) is 0 Å². The molecule has 2 rings (SSSR count). The Kier molecular flexibility index (Phi) is 5.34. The minimum Gasteiger partial charge on any atom is -0.313 e. The van der Waals surface area contributed by atoms with Gasteiger partial charge in [0.15, 0.2) is 0 Å². The highest BCUT2D eigenvalue weighted by Crippen LogP contribution is 2.29. The molecule has 4 heteroatoms. The lowest BCUT2D eigenvalue weighted by molar-refractivity contribution is 0.592. The largest absolute Gasteiger partial charge is 0.313 e. The molecule has 0 saturated heterocycles. The molecule has 1 nitrogen and oxygen atoms in total. The van der Waals surface area contributed by atoms with Gasteiger partial charge in [-0.15, -0.1) is 0 Å².